The monoisotopic (exact) mass is 339 g/mol. The summed E-state index contributed by atoms with van der Waals surface area (Å²) in [6.07, 6.45) is 1.13. The van der Waals surface area contributed by atoms with Crippen LogP contribution in [-0.4, -0.2) is 37.6 Å². The summed E-state index contributed by atoms with van der Waals surface area (Å²) < 4.78 is 23.0. The number of hydrogen-bond acceptors (Lipinski definition) is 5. The maximum Gasteiger partial charge on any atom is 0.321 e. The molecular formula is C14H17N3O3S2. The average molecular weight is 339 g/mol. The number of aromatic nitrogens is 1. The maximum atomic E-state index is 12.1. The van der Waals surface area contributed by atoms with Gasteiger partial charge in [0.05, 0.1) is 22.1 Å². The van der Waals surface area contributed by atoms with Crippen LogP contribution in [-0.2, 0) is 16.4 Å². The number of thiazole rings is 1. The first-order valence-corrected chi connectivity index (χ1v) is 9.26. The molecule has 1 heterocycles. The van der Waals surface area contributed by atoms with Crippen molar-refractivity contribution in [2.45, 2.75) is 18.4 Å². The Morgan fingerprint density at radius 2 is 2.14 bits per heavy atom. The number of amides is 2. The summed E-state index contributed by atoms with van der Waals surface area (Å²) >= 11 is 1.53. The van der Waals surface area contributed by atoms with Crippen molar-refractivity contribution in [3.05, 3.63) is 40.3 Å². The van der Waals surface area contributed by atoms with Crippen LogP contribution in [0.25, 0.3) is 0 Å². The summed E-state index contributed by atoms with van der Waals surface area (Å²) in [6.45, 7) is 2.30. The van der Waals surface area contributed by atoms with Crippen LogP contribution < -0.4 is 5.32 Å². The van der Waals surface area contributed by atoms with Crippen LogP contribution in [0.15, 0.2) is 34.5 Å². The molecule has 1 aromatic heterocycles. The lowest BCUT2D eigenvalue weighted by atomic mass is 10.3. The lowest BCUT2D eigenvalue weighted by molar-refractivity contribution is 0.220. The molecule has 0 aliphatic heterocycles. The number of carbonyl (C=O) groups is 1. The zero-order valence-corrected chi connectivity index (χ0v) is 14.2. The smallest absolute Gasteiger partial charge is 0.321 e. The van der Waals surface area contributed by atoms with Crippen LogP contribution in [0.4, 0.5) is 10.5 Å². The van der Waals surface area contributed by atoms with Gasteiger partial charge < -0.3 is 10.2 Å². The number of rotatable bonds is 4. The van der Waals surface area contributed by atoms with E-state index in [2.05, 4.69) is 10.3 Å². The molecule has 0 saturated heterocycles. The molecule has 0 atom stereocenters. The van der Waals surface area contributed by atoms with E-state index in [0.29, 0.717) is 12.2 Å². The number of sulfone groups is 1. The fraction of sp³-hybridized carbons (Fsp3) is 0.286. The van der Waals surface area contributed by atoms with E-state index in [1.54, 1.807) is 19.2 Å². The van der Waals surface area contributed by atoms with Crippen molar-refractivity contribution in [1.29, 1.82) is 0 Å². The van der Waals surface area contributed by atoms with Crippen molar-refractivity contribution in [2.24, 2.45) is 0 Å². The van der Waals surface area contributed by atoms with E-state index in [9.17, 15) is 13.2 Å². The molecule has 0 spiro atoms. The maximum absolute atomic E-state index is 12.1. The Morgan fingerprint density at radius 3 is 2.73 bits per heavy atom. The zero-order valence-electron chi connectivity index (χ0n) is 12.5. The normalized spacial score (nSPS) is 11.2. The minimum atomic E-state index is -3.30. The summed E-state index contributed by atoms with van der Waals surface area (Å²) in [7, 11) is -1.64. The van der Waals surface area contributed by atoms with Crippen molar-refractivity contribution in [2.75, 3.05) is 18.6 Å². The Kier molecular flexibility index (Phi) is 4.82. The number of carbonyl (C=O) groups excluding carboxylic acids is 1. The van der Waals surface area contributed by atoms with Gasteiger partial charge >= 0.3 is 6.03 Å². The average Bonchev–Trinajstić information content (AvgIpc) is 2.83. The molecule has 0 aliphatic carbocycles. The minimum absolute atomic E-state index is 0.170. The molecule has 2 amide bonds. The molecule has 0 aliphatic rings. The molecule has 8 heteroatoms. The van der Waals surface area contributed by atoms with Gasteiger partial charge in [0.2, 0.25) is 0 Å². The largest absolute Gasteiger partial charge is 0.322 e. The zero-order chi connectivity index (χ0) is 16.3. The Bertz CT molecular complexity index is 784. The number of nitrogens with one attached hydrogen (secondary N) is 1. The van der Waals surface area contributed by atoms with Gasteiger partial charge in [-0.05, 0) is 25.1 Å². The lowest BCUT2D eigenvalue weighted by Gasteiger charge is -2.17. The van der Waals surface area contributed by atoms with Crippen LogP contribution in [0.5, 0.6) is 0 Å². The van der Waals surface area contributed by atoms with Crippen molar-refractivity contribution in [3.8, 4) is 0 Å². The predicted octanol–water partition coefficient (Wildman–Crippen LogP) is 2.52. The van der Waals surface area contributed by atoms with Crippen molar-refractivity contribution >= 4 is 32.9 Å². The number of urea groups is 1. The van der Waals surface area contributed by atoms with E-state index in [1.165, 1.54) is 28.4 Å². The lowest BCUT2D eigenvalue weighted by Crippen LogP contribution is -2.31. The SMILES string of the molecule is Cc1nc(CN(C)C(=O)Nc2cccc(S(C)(=O)=O)c2)cs1. The van der Waals surface area contributed by atoms with E-state index in [0.717, 1.165) is 17.0 Å². The summed E-state index contributed by atoms with van der Waals surface area (Å²) in [5, 5.41) is 5.53. The Balaban J connectivity index is 2.05. The van der Waals surface area contributed by atoms with E-state index >= 15 is 0 Å². The number of aryl methyl sites for hydroxylation is 1. The number of anilines is 1. The Hall–Kier alpha value is -1.93. The van der Waals surface area contributed by atoms with Crippen LogP contribution in [0, 0.1) is 6.92 Å². The third-order valence-corrected chi connectivity index (χ3v) is 4.86. The molecule has 0 radical (unpaired) electrons. The van der Waals surface area contributed by atoms with Crippen LogP contribution in [0.2, 0.25) is 0 Å². The first-order chi connectivity index (χ1) is 10.3. The second kappa shape index (κ2) is 6.45. The highest BCUT2D eigenvalue weighted by atomic mass is 32.2. The minimum Gasteiger partial charge on any atom is -0.322 e. The molecule has 0 saturated carbocycles. The molecule has 0 bridgehead atoms. The molecule has 0 fully saturated rings. The van der Waals surface area contributed by atoms with Gasteiger partial charge in [0, 0.05) is 24.4 Å². The van der Waals surface area contributed by atoms with E-state index in [1.807, 2.05) is 12.3 Å². The van der Waals surface area contributed by atoms with Crippen LogP contribution in [0.3, 0.4) is 0 Å². The highest BCUT2D eigenvalue weighted by molar-refractivity contribution is 7.90. The number of nitrogens with zero attached hydrogens (tertiary/aromatic N) is 2. The highest BCUT2D eigenvalue weighted by Gasteiger charge is 2.13. The standard InChI is InChI=1S/C14H17N3O3S2/c1-10-15-12(9-21-10)8-17(2)14(18)16-11-5-4-6-13(7-11)22(3,19)20/h4-7,9H,8H2,1-3H3,(H,16,18). The first-order valence-electron chi connectivity index (χ1n) is 6.49. The van der Waals surface area contributed by atoms with E-state index in [-0.39, 0.29) is 10.9 Å². The summed E-state index contributed by atoms with van der Waals surface area (Å²) in [4.78, 5) is 18.1. The summed E-state index contributed by atoms with van der Waals surface area (Å²) in [5.74, 6) is 0. The quantitative estimate of drug-likeness (QED) is 0.928. The summed E-state index contributed by atoms with van der Waals surface area (Å²) in [6, 6.07) is 5.85. The van der Waals surface area contributed by atoms with Crippen molar-refractivity contribution < 1.29 is 13.2 Å². The molecule has 6 nitrogen and oxygen atoms in total. The fourth-order valence-corrected chi connectivity index (χ4v) is 3.09. The summed E-state index contributed by atoms with van der Waals surface area (Å²) in [5.41, 5.74) is 1.26. The van der Waals surface area contributed by atoms with E-state index < -0.39 is 9.84 Å². The van der Waals surface area contributed by atoms with Gasteiger partial charge in [-0.15, -0.1) is 11.3 Å². The molecular weight excluding hydrogens is 322 g/mol. The predicted molar refractivity (Wildman–Crippen MR) is 86.9 cm³/mol. The molecule has 1 N–H and O–H groups in total. The van der Waals surface area contributed by atoms with Gasteiger partial charge in [-0.2, -0.15) is 0 Å². The first kappa shape index (κ1) is 16.4. The van der Waals surface area contributed by atoms with Gasteiger partial charge in [-0.3, -0.25) is 0 Å². The van der Waals surface area contributed by atoms with Gasteiger partial charge in [-0.25, -0.2) is 18.2 Å². The second-order valence-electron chi connectivity index (χ2n) is 4.94. The molecule has 2 rings (SSSR count). The van der Waals surface area contributed by atoms with Gasteiger partial charge in [0.25, 0.3) is 0 Å². The topological polar surface area (TPSA) is 79.4 Å². The third kappa shape index (κ3) is 4.28. The highest BCUT2D eigenvalue weighted by Crippen LogP contribution is 2.16. The molecule has 0 unspecified atom stereocenters. The molecule has 118 valence electrons. The Labute approximate surface area is 133 Å². The van der Waals surface area contributed by atoms with Gasteiger partial charge in [-0.1, -0.05) is 6.07 Å². The van der Waals surface area contributed by atoms with E-state index in [4.69, 9.17) is 0 Å². The van der Waals surface area contributed by atoms with Crippen molar-refractivity contribution in [1.82, 2.24) is 9.88 Å². The number of hydrogen-bond donors (Lipinski definition) is 1. The van der Waals surface area contributed by atoms with Crippen LogP contribution >= 0.6 is 11.3 Å². The van der Waals surface area contributed by atoms with Gasteiger partial charge in [0.1, 0.15) is 0 Å². The number of benzene rings is 1. The second-order valence-corrected chi connectivity index (χ2v) is 8.02. The fourth-order valence-electron chi connectivity index (χ4n) is 1.82. The van der Waals surface area contributed by atoms with Crippen molar-refractivity contribution in [3.63, 3.8) is 0 Å². The molecule has 22 heavy (non-hydrogen) atoms. The molecule has 2 aromatic rings. The third-order valence-electron chi connectivity index (χ3n) is 2.93. The molecule has 1 aromatic carbocycles. The van der Waals surface area contributed by atoms with Gasteiger partial charge in [0.15, 0.2) is 9.84 Å². The van der Waals surface area contributed by atoms with Crippen LogP contribution in [0.1, 0.15) is 10.7 Å². The Morgan fingerprint density at radius 1 is 1.41 bits per heavy atom.